The number of hydrogen-bond donors (Lipinski definition) is 1. The predicted octanol–water partition coefficient (Wildman–Crippen LogP) is 0.989. The quantitative estimate of drug-likeness (QED) is 0.822. The summed E-state index contributed by atoms with van der Waals surface area (Å²) in [6.45, 7) is 2.91. The van der Waals surface area contributed by atoms with Crippen LogP contribution in [0.25, 0.3) is 0 Å². The molecule has 2 rings (SSSR count). The van der Waals surface area contributed by atoms with Gasteiger partial charge >= 0.3 is 5.97 Å². The molecule has 0 aliphatic carbocycles. The summed E-state index contributed by atoms with van der Waals surface area (Å²) in [5.74, 6) is 0.906. The number of piperidine rings is 1. The van der Waals surface area contributed by atoms with Crippen molar-refractivity contribution in [3.05, 3.63) is 6.07 Å². The summed E-state index contributed by atoms with van der Waals surface area (Å²) in [6.07, 6.45) is 2.75. The van der Waals surface area contributed by atoms with Gasteiger partial charge in [-0.1, -0.05) is 0 Å². The van der Waals surface area contributed by atoms with E-state index >= 15 is 0 Å². The molecule has 0 aromatic carbocycles. The van der Waals surface area contributed by atoms with Gasteiger partial charge in [-0.25, -0.2) is 4.79 Å². The third kappa shape index (κ3) is 3.09. The molecular weight excluding hydrogens is 260 g/mol. The highest BCUT2D eigenvalue weighted by atomic mass is 16.5. The molecule has 2 heterocycles. The largest absolute Gasteiger partial charge is 0.481 e. The van der Waals surface area contributed by atoms with Gasteiger partial charge in [0.05, 0.1) is 13.7 Å². The maximum Gasteiger partial charge on any atom is 0.328 e. The first-order chi connectivity index (χ1) is 9.65. The number of anilines is 2. The third-order valence-electron chi connectivity index (χ3n) is 3.27. The molecular formula is C13H20N4O3. The Morgan fingerprint density at radius 1 is 1.50 bits per heavy atom. The van der Waals surface area contributed by atoms with E-state index in [4.69, 9.17) is 15.2 Å². The number of nitrogens with zero attached hydrogens (tertiary/aromatic N) is 3. The number of nitrogen functional groups attached to an aromatic ring is 1. The molecule has 1 atom stereocenters. The standard InChI is InChI=1S/C13H20N4O3/c1-3-20-12(18)9-6-4-5-7-17(9)10-8-11(19-2)16-13(14)15-10/h8-9H,3-7H2,1-2H3,(H2,14,15,16). The number of carbonyl (C=O) groups excluding carboxylic acids is 1. The second-order valence-electron chi connectivity index (χ2n) is 4.58. The van der Waals surface area contributed by atoms with E-state index in [0.29, 0.717) is 18.3 Å². The summed E-state index contributed by atoms with van der Waals surface area (Å²) < 4.78 is 10.2. The Kier molecular flexibility index (Phi) is 4.60. The van der Waals surface area contributed by atoms with Crippen LogP contribution in [0.4, 0.5) is 11.8 Å². The summed E-state index contributed by atoms with van der Waals surface area (Å²) in [5, 5.41) is 0. The number of rotatable bonds is 4. The SMILES string of the molecule is CCOC(=O)C1CCCCN1c1cc(OC)nc(N)n1. The molecule has 1 aromatic heterocycles. The van der Waals surface area contributed by atoms with Crippen LogP contribution in [0.3, 0.4) is 0 Å². The Labute approximate surface area is 118 Å². The van der Waals surface area contributed by atoms with Gasteiger partial charge in [-0.3, -0.25) is 0 Å². The van der Waals surface area contributed by atoms with Crippen LogP contribution in [0.5, 0.6) is 5.88 Å². The van der Waals surface area contributed by atoms with Crippen LogP contribution < -0.4 is 15.4 Å². The highest BCUT2D eigenvalue weighted by Crippen LogP contribution is 2.26. The molecule has 2 N–H and O–H groups in total. The minimum absolute atomic E-state index is 0.132. The highest BCUT2D eigenvalue weighted by Gasteiger charge is 2.31. The summed E-state index contributed by atoms with van der Waals surface area (Å²) in [6, 6.07) is 1.37. The van der Waals surface area contributed by atoms with E-state index in [1.54, 1.807) is 13.0 Å². The van der Waals surface area contributed by atoms with Gasteiger partial charge < -0.3 is 20.1 Å². The fourth-order valence-electron chi connectivity index (χ4n) is 2.37. The van der Waals surface area contributed by atoms with E-state index in [-0.39, 0.29) is 18.0 Å². The molecule has 1 saturated heterocycles. The summed E-state index contributed by atoms with van der Waals surface area (Å²) in [7, 11) is 1.52. The Bertz CT molecular complexity index is 481. The van der Waals surface area contributed by atoms with Crippen LogP contribution in [0.2, 0.25) is 0 Å². The van der Waals surface area contributed by atoms with E-state index in [1.165, 1.54) is 7.11 Å². The monoisotopic (exact) mass is 280 g/mol. The van der Waals surface area contributed by atoms with Crippen LogP contribution in [0.1, 0.15) is 26.2 Å². The van der Waals surface area contributed by atoms with Gasteiger partial charge in [-0.2, -0.15) is 9.97 Å². The first-order valence-electron chi connectivity index (χ1n) is 6.77. The van der Waals surface area contributed by atoms with E-state index in [9.17, 15) is 4.79 Å². The number of esters is 1. The predicted molar refractivity (Wildman–Crippen MR) is 74.6 cm³/mol. The van der Waals surface area contributed by atoms with E-state index in [1.807, 2.05) is 4.90 Å². The zero-order valence-corrected chi connectivity index (χ0v) is 11.8. The van der Waals surface area contributed by atoms with Crippen LogP contribution in [-0.2, 0) is 9.53 Å². The molecule has 0 radical (unpaired) electrons. The molecule has 1 fully saturated rings. The van der Waals surface area contributed by atoms with Gasteiger partial charge in [0.1, 0.15) is 11.9 Å². The maximum atomic E-state index is 12.1. The number of carbonyl (C=O) groups is 1. The Hall–Kier alpha value is -2.05. The van der Waals surface area contributed by atoms with Crippen molar-refractivity contribution in [2.75, 3.05) is 30.9 Å². The van der Waals surface area contributed by atoms with E-state index in [0.717, 1.165) is 25.8 Å². The van der Waals surface area contributed by atoms with Crippen LogP contribution in [0, 0.1) is 0 Å². The lowest BCUT2D eigenvalue weighted by Gasteiger charge is -2.34. The summed E-state index contributed by atoms with van der Waals surface area (Å²) in [5.41, 5.74) is 5.68. The topological polar surface area (TPSA) is 90.6 Å². The van der Waals surface area contributed by atoms with Crippen molar-refractivity contribution in [3.8, 4) is 5.88 Å². The number of ether oxygens (including phenoxy) is 2. The fraction of sp³-hybridized carbons (Fsp3) is 0.615. The minimum atomic E-state index is -0.317. The smallest absolute Gasteiger partial charge is 0.328 e. The zero-order chi connectivity index (χ0) is 14.5. The maximum absolute atomic E-state index is 12.1. The number of nitrogens with two attached hydrogens (primary N) is 1. The molecule has 0 amide bonds. The van der Waals surface area contributed by atoms with Crippen molar-refractivity contribution >= 4 is 17.7 Å². The molecule has 1 aromatic rings. The van der Waals surface area contributed by atoms with Crippen molar-refractivity contribution in [2.45, 2.75) is 32.2 Å². The first kappa shape index (κ1) is 14.4. The van der Waals surface area contributed by atoms with Crippen molar-refractivity contribution in [3.63, 3.8) is 0 Å². The normalized spacial score (nSPS) is 18.7. The van der Waals surface area contributed by atoms with Crippen molar-refractivity contribution in [1.29, 1.82) is 0 Å². The van der Waals surface area contributed by atoms with Gasteiger partial charge in [0, 0.05) is 12.6 Å². The molecule has 7 nitrogen and oxygen atoms in total. The molecule has 1 aliphatic rings. The van der Waals surface area contributed by atoms with Crippen molar-refractivity contribution < 1.29 is 14.3 Å². The lowest BCUT2D eigenvalue weighted by molar-refractivity contribution is -0.145. The van der Waals surface area contributed by atoms with Crippen LogP contribution in [-0.4, -0.2) is 42.2 Å². The van der Waals surface area contributed by atoms with Gasteiger partial charge in [-0.05, 0) is 26.2 Å². The molecule has 0 saturated carbocycles. The number of hydrogen-bond acceptors (Lipinski definition) is 7. The Morgan fingerprint density at radius 3 is 3.00 bits per heavy atom. The second-order valence-corrected chi connectivity index (χ2v) is 4.58. The number of aromatic nitrogens is 2. The first-order valence-corrected chi connectivity index (χ1v) is 6.77. The average molecular weight is 280 g/mol. The lowest BCUT2D eigenvalue weighted by Crippen LogP contribution is -2.46. The molecule has 1 unspecified atom stereocenters. The Balaban J connectivity index is 2.27. The van der Waals surface area contributed by atoms with Gasteiger partial charge in [0.25, 0.3) is 0 Å². The summed E-state index contributed by atoms with van der Waals surface area (Å²) >= 11 is 0. The highest BCUT2D eigenvalue weighted by molar-refractivity contribution is 5.80. The van der Waals surface area contributed by atoms with Gasteiger partial charge in [0.15, 0.2) is 0 Å². The third-order valence-corrected chi connectivity index (χ3v) is 3.27. The molecule has 7 heteroatoms. The van der Waals surface area contributed by atoms with E-state index < -0.39 is 0 Å². The van der Waals surface area contributed by atoms with Gasteiger partial charge in [0.2, 0.25) is 11.8 Å². The molecule has 20 heavy (non-hydrogen) atoms. The molecule has 0 bridgehead atoms. The van der Waals surface area contributed by atoms with Crippen LogP contribution >= 0.6 is 0 Å². The Morgan fingerprint density at radius 2 is 2.30 bits per heavy atom. The lowest BCUT2D eigenvalue weighted by atomic mass is 10.0. The molecule has 110 valence electrons. The molecule has 0 spiro atoms. The zero-order valence-electron chi connectivity index (χ0n) is 11.8. The number of methoxy groups -OCH3 is 1. The van der Waals surface area contributed by atoms with Crippen molar-refractivity contribution in [1.82, 2.24) is 9.97 Å². The summed E-state index contributed by atoms with van der Waals surface area (Å²) in [4.78, 5) is 22.1. The van der Waals surface area contributed by atoms with Crippen molar-refractivity contribution in [2.24, 2.45) is 0 Å². The van der Waals surface area contributed by atoms with Gasteiger partial charge in [-0.15, -0.1) is 0 Å². The average Bonchev–Trinajstić information content (AvgIpc) is 2.46. The second kappa shape index (κ2) is 6.40. The van der Waals surface area contributed by atoms with E-state index in [2.05, 4.69) is 9.97 Å². The fourth-order valence-corrected chi connectivity index (χ4v) is 2.37. The minimum Gasteiger partial charge on any atom is -0.481 e. The molecule has 1 aliphatic heterocycles. The van der Waals surface area contributed by atoms with Crippen LogP contribution in [0.15, 0.2) is 6.07 Å².